The van der Waals surface area contributed by atoms with Crippen LogP contribution in [0.4, 0.5) is 8.78 Å². The van der Waals surface area contributed by atoms with Crippen molar-refractivity contribution >= 4 is 40.3 Å². The van der Waals surface area contributed by atoms with Crippen LogP contribution in [0.5, 0.6) is 5.75 Å². The number of carbonyl (C=O) groups is 1. The van der Waals surface area contributed by atoms with Gasteiger partial charge in [0.1, 0.15) is 5.75 Å². The summed E-state index contributed by atoms with van der Waals surface area (Å²) >= 11 is 7.42. The highest BCUT2D eigenvalue weighted by Crippen LogP contribution is 2.26. The van der Waals surface area contributed by atoms with Crippen molar-refractivity contribution in [3.63, 3.8) is 0 Å². The zero-order chi connectivity index (χ0) is 22.4. The van der Waals surface area contributed by atoms with Gasteiger partial charge in [-0.3, -0.25) is 4.79 Å². The highest BCUT2D eigenvalue weighted by Gasteiger charge is 2.16. The number of rotatable bonds is 10. The third kappa shape index (κ3) is 6.32. The van der Waals surface area contributed by atoms with Crippen molar-refractivity contribution in [2.24, 2.45) is 0 Å². The molecule has 6 nitrogen and oxygen atoms in total. The molecule has 0 spiro atoms. The van der Waals surface area contributed by atoms with Crippen LogP contribution >= 0.6 is 23.4 Å². The predicted octanol–water partition coefficient (Wildman–Crippen LogP) is 4.69. The fourth-order valence-electron chi connectivity index (χ4n) is 2.96. The first-order chi connectivity index (χ1) is 14.9. The van der Waals surface area contributed by atoms with Gasteiger partial charge in [-0.25, -0.2) is 4.98 Å². The third-order valence-electron chi connectivity index (χ3n) is 4.51. The Balaban J connectivity index is 1.63. The molecule has 1 heterocycles. The summed E-state index contributed by atoms with van der Waals surface area (Å²) in [4.78, 5) is 18.8. The minimum atomic E-state index is -2.86. The number of ether oxygens (including phenoxy) is 2. The maximum Gasteiger partial charge on any atom is 0.387 e. The summed E-state index contributed by atoms with van der Waals surface area (Å²) in [6.07, 6.45) is 0. The average molecular weight is 470 g/mol. The molecule has 0 N–H and O–H groups in total. The van der Waals surface area contributed by atoms with Crippen molar-refractivity contribution in [1.82, 2.24) is 14.5 Å². The Kier molecular flexibility index (Phi) is 8.11. The minimum absolute atomic E-state index is 0.0818. The van der Waals surface area contributed by atoms with E-state index in [0.717, 1.165) is 16.6 Å². The van der Waals surface area contributed by atoms with Gasteiger partial charge < -0.3 is 18.9 Å². The number of halogens is 3. The van der Waals surface area contributed by atoms with Crippen LogP contribution in [0.3, 0.4) is 0 Å². The fraction of sp³-hybridized carbons (Fsp3) is 0.333. The van der Waals surface area contributed by atoms with Gasteiger partial charge in [-0.15, -0.1) is 0 Å². The Morgan fingerprint density at radius 3 is 2.68 bits per heavy atom. The number of carbonyl (C=O) groups excluding carboxylic acids is 1. The second kappa shape index (κ2) is 10.8. The van der Waals surface area contributed by atoms with Gasteiger partial charge in [0.15, 0.2) is 5.16 Å². The molecule has 31 heavy (non-hydrogen) atoms. The number of benzene rings is 2. The van der Waals surface area contributed by atoms with Crippen molar-refractivity contribution in [1.29, 1.82) is 0 Å². The van der Waals surface area contributed by atoms with E-state index in [9.17, 15) is 13.6 Å². The molecule has 1 aromatic heterocycles. The van der Waals surface area contributed by atoms with Crippen molar-refractivity contribution in [3.05, 3.63) is 53.1 Å². The van der Waals surface area contributed by atoms with Gasteiger partial charge in [0.2, 0.25) is 5.91 Å². The summed E-state index contributed by atoms with van der Waals surface area (Å²) in [5.41, 5.74) is 2.50. The van der Waals surface area contributed by atoms with Crippen LogP contribution in [0, 0.1) is 0 Å². The van der Waals surface area contributed by atoms with E-state index in [1.54, 1.807) is 43.3 Å². The molecule has 2 aromatic carbocycles. The van der Waals surface area contributed by atoms with Gasteiger partial charge in [-0.2, -0.15) is 8.78 Å². The number of methoxy groups -OCH3 is 1. The molecule has 3 aromatic rings. The number of imidazole rings is 1. The smallest absolute Gasteiger partial charge is 0.387 e. The van der Waals surface area contributed by atoms with Crippen molar-refractivity contribution in [3.8, 4) is 5.75 Å². The molecule has 3 rings (SSSR count). The van der Waals surface area contributed by atoms with Crippen LogP contribution < -0.4 is 4.74 Å². The molecule has 0 saturated carbocycles. The Morgan fingerprint density at radius 1 is 1.26 bits per heavy atom. The molecule has 0 unspecified atom stereocenters. The number of hydrogen-bond donors (Lipinski definition) is 0. The first kappa shape index (κ1) is 23.3. The third-order valence-corrected chi connectivity index (χ3v) is 5.71. The van der Waals surface area contributed by atoms with Crippen molar-refractivity contribution < 1.29 is 23.0 Å². The Labute approximate surface area is 188 Å². The molecular formula is C21H22ClF2N3O3S. The lowest BCUT2D eigenvalue weighted by Gasteiger charge is -2.17. The number of nitrogens with zero attached hydrogens (tertiary/aromatic N) is 3. The number of amides is 1. The van der Waals surface area contributed by atoms with Crippen LogP contribution in [-0.4, -0.2) is 53.5 Å². The molecule has 0 fully saturated rings. The first-order valence-electron chi connectivity index (χ1n) is 9.42. The molecule has 1 amide bonds. The predicted molar refractivity (Wildman–Crippen MR) is 117 cm³/mol. The van der Waals surface area contributed by atoms with E-state index in [2.05, 4.69) is 9.72 Å². The lowest BCUT2D eigenvalue weighted by Crippen LogP contribution is -2.28. The molecule has 166 valence electrons. The number of aromatic nitrogens is 2. The van der Waals surface area contributed by atoms with Gasteiger partial charge >= 0.3 is 6.61 Å². The summed E-state index contributed by atoms with van der Waals surface area (Å²) in [6, 6.07) is 11.7. The highest BCUT2D eigenvalue weighted by molar-refractivity contribution is 7.99. The molecule has 0 radical (unpaired) electrons. The number of thioether (sulfide) groups is 1. The quantitative estimate of drug-likeness (QED) is 0.403. The van der Waals surface area contributed by atoms with Crippen molar-refractivity contribution in [2.45, 2.75) is 24.9 Å². The lowest BCUT2D eigenvalue weighted by molar-refractivity contribution is -0.127. The van der Waals surface area contributed by atoms with Crippen LogP contribution in [-0.2, 0) is 22.6 Å². The molecule has 0 aliphatic heterocycles. The fourth-order valence-corrected chi connectivity index (χ4v) is 4.11. The van der Waals surface area contributed by atoms with Gasteiger partial charge in [0.25, 0.3) is 0 Å². The summed E-state index contributed by atoms with van der Waals surface area (Å²) < 4.78 is 36.0. The van der Waals surface area contributed by atoms with E-state index in [1.165, 1.54) is 23.9 Å². The molecule has 10 heteroatoms. The molecular weight excluding hydrogens is 448 g/mol. The Hall–Kier alpha value is -2.36. The maximum atomic E-state index is 12.6. The molecule has 0 bridgehead atoms. The van der Waals surface area contributed by atoms with Gasteiger partial charge in [0.05, 0.1) is 23.4 Å². The monoisotopic (exact) mass is 469 g/mol. The first-order valence-corrected chi connectivity index (χ1v) is 10.8. The van der Waals surface area contributed by atoms with Crippen LogP contribution in [0.2, 0.25) is 5.02 Å². The average Bonchev–Trinajstić information content (AvgIpc) is 3.07. The standard InChI is InChI=1S/C21H22ClF2N3O3S/c1-26(12-14-3-6-16(7-4-14)30-20(23)24)19(28)13-31-21-25-17-11-15(22)5-8-18(17)27(21)9-10-29-2/h3-8,11,20H,9-10,12-13H2,1-2H3. The van der Waals surface area contributed by atoms with E-state index in [0.29, 0.717) is 29.9 Å². The summed E-state index contributed by atoms with van der Waals surface area (Å²) in [5, 5.41) is 1.31. The van der Waals surface area contributed by atoms with Gasteiger partial charge in [-0.1, -0.05) is 35.5 Å². The Morgan fingerprint density at radius 2 is 2.00 bits per heavy atom. The highest BCUT2D eigenvalue weighted by atomic mass is 35.5. The van der Waals surface area contributed by atoms with E-state index >= 15 is 0 Å². The molecule has 0 atom stereocenters. The van der Waals surface area contributed by atoms with Gasteiger partial charge in [-0.05, 0) is 35.9 Å². The SMILES string of the molecule is COCCn1c(SCC(=O)N(C)Cc2ccc(OC(F)F)cc2)nc2cc(Cl)ccc21. The van der Waals surface area contributed by atoms with Crippen molar-refractivity contribution in [2.75, 3.05) is 26.5 Å². The van der Waals surface area contributed by atoms with Gasteiger partial charge in [0, 0.05) is 32.3 Å². The van der Waals surface area contributed by atoms with Crippen LogP contribution in [0.1, 0.15) is 5.56 Å². The van der Waals surface area contributed by atoms with Crippen LogP contribution in [0.15, 0.2) is 47.6 Å². The second-order valence-corrected chi connectivity index (χ2v) is 8.11. The minimum Gasteiger partial charge on any atom is -0.435 e. The lowest BCUT2D eigenvalue weighted by atomic mass is 10.2. The maximum absolute atomic E-state index is 12.6. The molecule has 0 saturated heterocycles. The van der Waals surface area contributed by atoms with Crippen LogP contribution in [0.25, 0.3) is 11.0 Å². The summed E-state index contributed by atoms with van der Waals surface area (Å²) in [5.74, 6) is 0.201. The zero-order valence-electron chi connectivity index (χ0n) is 17.1. The topological polar surface area (TPSA) is 56.6 Å². The molecule has 0 aliphatic carbocycles. The number of hydrogen-bond acceptors (Lipinski definition) is 5. The summed E-state index contributed by atoms with van der Waals surface area (Å²) in [6.45, 7) is -1.39. The number of fused-ring (bicyclic) bond motifs is 1. The summed E-state index contributed by atoms with van der Waals surface area (Å²) in [7, 11) is 3.33. The number of alkyl halides is 2. The Bertz CT molecular complexity index is 1030. The zero-order valence-corrected chi connectivity index (χ0v) is 18.6. The van der Waals surface area contributed by atoms with E-state index < -0.39 is 6.61 Å². The van der Waals surface area contributed by atoms with E-state index in [4.69, 9.17) is 16.3 Å². The van der Waals surface area contributed by atoms with E-state index in [1.807, 2.05) is 10.6 Å². The largest absolute Gasteiger partial charge is 0.435 e. The molecule has 0 aliphatic rings. The van der Waals surface area contributed by atoms with E-state index in [-0.39, 0.29) is 17.4 Å². The second-order valence-electron chi connectivity index (χ2n) is 6.73. The normalized spacial score (nSPS) is 11.3.